The van der Waals surface area contributed by atoms with Gasteiger partial charge < -0.3 is 9.88 Å². The quantitative estimate of drug-likeness (QED) is 0.922. The predicted octanol–water partition coefficient (Wildman–Crippen LogP) is 3.60. The third-order valence-electron chi connectivity index (χ3n) is 3.98. The molecule has 3 rings (SSSR count). The van der Waals surface area contributed by atoms with Crippen LogP contribution in [-0.4, -0.2) is 15.6 Å². The zero-order valence-corrected chi connectivity index (χ0v) is 12.6. The monoisotopic (exact) mass is 300 g/mol. The Morgan fingerprint density at radius 3 is 3.00 bits per heavy atom. The van der Waals surface area contributed by atoms with Gasteiger partial charge in [-0.1, -0.05) is 11.6 Å². The zero-order chi connectivity index (χ0) is 14.8. The highest BCUT2D eigenvalue weighted by atomic mass is 35.5. The van der Waals surface area contributed by atoms with E-state index < -0.39 is 0 Å². The minimum Gasteiger partial charge on any atom is -0.306 e. The van der Waals surface area contributed by atoms with Crippen molar-refractivity contribution in [2.75, 3.05) is 0 Å². The van der Waals surface area contributed by atoms with Crippen LogP contribution >= 0.6 is 11.6 Å². The standard InChI is InChI=1S/C16H17ClN4/c1-11-3-2-4-14(20-11)16-9-19-10-21(16)15-6-5-12(8-18)7-13(15)17/h5-7,9-11,14,20H,2-4H2,1H3. The molecule has 1 aromatic carbocycles. The van der Waals surface area contributed by atoms with Crippen LogP contribution in [0.2, 0.25) is 5.02 Å². The van der Waals surface area contributed by atoms with Gasteiger partial charge in [-0.15, -0.1) is 0 Å². The summed E-state index contributed by atoms with van der Waals surface area (Å²) in [5.41, 5.74) is 2.55. The first-order valence-corrected chi connectivity index (χ1v) is 7.55. The Morgan fingerprint density at radius 2 is 2.29 bits per heavy atom. The van der Waals surface area contributed by atoms with Crippen LogP contribution in [-0.2, 0) is 0 Å². The summed E-state index contributed by atoms with van der Waals surface area (Å²) in [6, 6.07) is 8.26. The van der Waals surface area contributed by atoms with E-state index in [1.807, 2.05) is 16.8 Å². The summed E-state index contributed by atoms with van der Waals surface area (Å²) in [5, 5.41) is 13.1. The first-order chi connectivity index (χ1) is 10.2. The summed E-state index contributed by atoms with van der Waals surface area (Å²) in [7, 11) is 0. The van der Waals surface area contributed by atoms with Gasteiger partial charge in [0.2, 0.25) is 0 Å². The number of benzene rings is 1. The smallest absolute Gasteiger partial charge is 0.0995 e. The fourth-order valence-electron chi connectivity index (χ4n) is 2.91. The van der Waals surface area contributed by atoms with Gasteiger partial charge in [0, 0.05) is 12.1 Å². The lowest BCUT2D eigenvalue weighted by molar-refractivity contribution is 0.334. The summed E-state index contributed by atoms with van der Waals surface area (Å²) < 4.78 is 2.01. The first-order valence-electron chi connectivity index (χ1n) is 7.17. The molecule has 0 bridgehead atoms. The van der Waals surface area contributed by atoms with Gasteiger partial charge in [0.15, 0.2) is 0 Å². The van der Waals surface area contributed by atoms with Gasteiger partial charge in [-0.25, -0.2) is 4.98 Å². The van der Waals surface area contributed by atoms with E-state index in [2.05, 4.69) is 23.3 Å². The summed E-state index contributed by atoms with van der Waals surface area (Å²) in [5.74, 6) is 0. The number of nitriles is 1. The minimum atomic E-state index is 0.294. The Labute approximate surface area is 129 Å². The van der Waals surface area contributed by atoms with E-state index in [9.17, 15) is 0 Å². The lowest BCUT2D eigenvalue weighted by Crippen LogP contribution is -2.35. The topological polar surface area (TPSA) is 53.6 Å². The molecule has 0 spiro atoms. The van der Waals surface area contributed by atoms with Crippen LogP contribution in [0.3, 0.4) is 0 Å². The summed E-state index contributed by atoms with van der Waals surface area (Å²) in [6.07, 6.45) is 7.20. The highest BCUT2D eigenvalue weighted by molar-refractivity contribution is 6.32. The third kappa shape index (κ3) is 2.80. The van der Waals surface area contributed by atoms with Gasteiger partial charge >= 0.3 is 0 Å². The van der Waals surface area contributed by atoms with Crippen LogP contribution in [0, 0.1) is 11.3 Å². The van der Waals surface area contributed by atoms with Crippen molar-refractivity contribution >= 4 is 11.6 Å². The van der Waals surface area contributed by atoms with E-state index in [0.29, 0.717) is 22.7 Å². The number of aromatic nitrogens is 2. The molecule has 2 heterocycles. The second-order valence-corrected chi connectivity index (χ2v) is 5.92. The number of halogens is 1. The molecule has 4 nitrogen and oxygen atoms in total. The Balaban J connectivity index is 1.97. The van der Waals surface area contributed by atoms with Crippen molar-refractivity contribution in [3.05, 3.63) is 47.0 Å². The SMILES string of the molecule is CC1CCCC(c2cncn2-c2ccc(C#N)cc2Cl)N1. The molecule has 2 atom stereocenters. The maximum absolute atomic E-state index is 8.93. The molecule has 1 saturated heterocycles. The van der Waals surface area contributed by atoms with E-state index in [1.54, 1.807) is 18.5 Å². The Bertz CT molecular complexity index is 686. The van der Waals surface area contributed by atoms with Crippen molar-refractivity contribution in [3.8, 4) is 11.8 Å². The average Bonchev–Trinajstić information content (AvgIpc) is 2.96. The molecule has 1 aliphatic rings. The van der Waals surface area contributed by atoms with Gasteiger partial charge in [-0.3, -0.25) is 0 Å². The van der Waals surface area contributed by atoms with Crippen LogP contribution in [0.25, 0.3) is 5.69 Å². The average molecular weight is 301 g/mol. The molecule has 1 aromatic heterocycles. The molecule has 1 aliphatic heterocycles. The minimum absolute atomic E-state index is 0.294. The number of hydrogen-bond donors (Lipinski definition) is 1. The van der Waals surface area contributed by atoms with Gasteiger partial charge in [0.05, 0.1) is 40.6 Å². The molecular formula is C16H17ClN4. The van der Waals surface area contributed by atoms with Gasteiger partial charge in [0.25, 0.3) is 0 Å². The largest absolute Gasteiger partial charge is 0.306 e. The number of rotatable bonds is 2. The highest BCUT2D eigenvalue weighted by Crippen LogP contribution is 2.29. The number of nitrogens with one attached hydrogen (secondary N) is 1. The first kappa shape index (κ1) is 14.1. The molecule has 1 fully saturated rings. The van der Waals surface area contributed by atoms with Crippen molar-refractivity contribution in [3.63, 3.8) is 0 Å². The van der Waals surface area contributed by atoms with Crippen molar-refractivity contribution in [1.82, 2.24) is 14.9 Å². The van der Waals surface area contributed by atoms with Gasteiger partial charge in [-0.05, 0) is 44.4 Å². The van der Waals surface area contributed by atoms with E-state index in [0.717, 1.165) is 17.8 Å². The number of hydrogen-bond acceptors (Lipinski definition) is 3. The van der Waals surface area contributed by atoms with E-state index in [1.165, 1.54) is 12.8 Å². The lowest BCUT2D eigenvalue weighted by Gasteiger charge is -2.29. The van der Waals surface area contributed by atoms with Crippen molar-refractivity contribution in [2.24, 2.45) is 0 Å². The van der Waals surface area contributed by atoms with Crippen LogP contribution in [0.1, 0.15) is 43.5 Å². The second-order valence-electron chi connectivity index (χ2n) is 5.52. The maximum atomic E-state index is 8.93. The molecule has 2 aromatic rings. The third-order valence-corrected chi connectivity index (χ3v) is 4.28. The molecular weight excluding hydrogens is 284 g/mol. The van der Waals surface area contributed by atoms with Crippen LogP contribution in [0.5, 0.6) is 0 Å². The molecule has 2 unspecified atom stereocenters. The van der Waals surface area contributed by atoms with E-state index in [-0.39, 0.29) is 0 Å². The molecule has 5 heteroatoms. The van der Waals surface area contributed by atoms with E-state index in [4.69, 9.17) is 16.9 Å². The van der Waals surface area contributed by atoms with E-state index >= 15 is 0 Å². The molecule has 0 aliphatic carbocycles. The summed E-state index contributed by atoms with van der Waals surface area (Å²) in [4.78, 5) is 4.28. The molecule has 0 radical (unpaired) electrons. The van der Waals surface area contributed by atoms with Crippen molar-refractivity contribution < 1.29 is 0 Å². The molecule has 108 valence electrons. The molecule has 0 saturated carbocycles. The second kappa shape index (κ2) is 5.88. The normalized spacial score (nSPS) is 22.0. The Morgan fingerprint density at radius 1 is 1.43 bits per heavy atom. The highest BCUT2D eigenvalue weighted by Gasteiger charge is 2.23. The number of piperidine rings is 1. The van der Waals surface area contributed by atoms with Crippen LogP contribution in [0.4, 0.5) is 0 Å². The van der Waals surface area contributed by atoms with Gasteiger partial charge in [-0.2, -0.15) is 5.26 Å². The Kier molecular flexibility index (Phi) is 3.96. The molecule has 1 N–H and O–H groups in total. The molecule has 0 amide bonds. The van der Waals surface area contributed by atoms with Gasteiger partial charge in [0.1, 0.15) is 0 Å². The maximum Gasteiger partial charge on any atom is 0.0995 e. The Hall–Kier alpha value is -1.83. The van der Waals surface area contributed by atoms with Crippen LogP contribution < -0.4 is 5.32 Å². The fourth-order valence-corrected chi connectivity index (χ4v) is 3.18. The fraction of sp³-hybridized carbons (Fsp3) is 0.375. The van der Waals surface area contributed by atoms with Crippen molar-refractivity contribution in [2.45, 2.75) is 38.3 Å². The number of nitrogens with zero attached hydrogens (tertiary/aromatic N) is 3. The van der Waals surface area contributed by atoms with Crippen LogP contribution in [0.15, 0.2) is 30.7 Å². The number of imidazole rings is 1. The summed E-state index contributed by atoms with van der Waals surface area (Å²) >= 11 is 6.32. The zero-order valence-electron chi connectivity index (χ0n) is 11.9. The summed E-state index contributed by atoms with van der Waals surface area (Å²) in [6.45, 7) is 2.21. The molecule has 21 heavy (non-hydrogen) atoms. The predicted molar refractivity (Wildman–Crippen MR) is 82.5 cm³/mol. The lowest BCUT2D eigenvalue weighted by atomic mass is 9.97. The van der Waals surface area contributed by atoms with Crippen molar-refractivity contribution in [1.29, 1.82) is 5.26 Å².